The highest BCUT2D eigenvalue weighted by Gasteiger charge is 2.37. The molecule has 258 valence electrons. The summed E-state index contributed by atoms with van der Waals surface area (Å²) >= 11 is 1.71. The Morgan fingerprint density at radius 3 is 2.52 bits per heavy atom. The summed E-state index contributed by atoms with van der Waals surface area (Å²) < 4.78 is 40.4. The van der Waals surface area contributed by atoms with Gasteiger partial charge in [-0.05, 0) is 50.5 Å². The summed E-state index contributed by atoms with van der Waals surface area (Å²) in [6.45, 7) is 3.56. The molecule has 3 aromatic rings. The number of anilines is 1. The van der Waals surface area contributed by atoms with Gasteiger partial charge in [0.25, 0.3) is 5.56 Å². The first kappa shape index (κ1) is 34.1. The molecule has 0 saturated carbocycles. The Kier molecular flexibility index (Phi) is 10.5. The van der Waals surface area contributed by atoms with Gasteiger partial charge in [-0.25, -0.2) is 9.37 Å². The van der Waals surface area contributed by atoms with Gasteiger partial charge in [-0.15, -0.1) is 0 Å². The third kappa shape index (κ3) is 8.06. The number of H-pyrrole nitrogens is 1. The van der Waals surface area contributed by atoms with Crippen LogP contribution in [-0.2, 0) is 15.3 Å². The van der Waals surface area contributed by atoms with E-state index in [2.05, 4.69) is 9.97 Å². The monoisotopic (exact) mass is 687 g/mol. The van der Waals surface area contributed by atoms with Gasteiger partial charge in [0.05, 0.1) is 34.8 Å². The van der Waals surface area contributed by atoms with Gasteiger partial charge in [-0.3, -0.25) is 19.7 Å². The number of hydrogen-bond acceptors (Lipinski definition) is 10. The highest BCUT2D eigenvalue weighted by atomic mass is 32.2. The maximum absolute atomic E-state index is 14.9. The number of piperidine rings is 2. The van der Waals surface area contributed by atoms with Crippen molar-refractivity contribution in [2.24, 2.45) is 5.92 Å². The van der Waals surface area contributed by atoms with Crippen molar-refractivity contribution >= 4 is 39.9 Å². The lowest BCUT2D eigenvalue weighted by Crippen LogP contribution is -2.49. The molecule has 0 radical (unpaired) electrons. The summed E-state index contributed by atoms with van der Waals surface area (Å²) in [4.78, 5) is 46.7. The predicted octanol–water partition coefficient (Wildman–Crippen LogP) is 4.56. The number of nitrogens with one attached hydrogen (secondary N) is 1. The fraction of sp³-hybridized carbons (Fsp3) is 0.545. The molecule has 4 heterocycles. The number of aromatic amines is 1. The number of aromatic nitrogens is 2. The molecule has 6 rings (SSSR count). The minimum absolute atomic E-state index is 0.0192. The van der Waals surface area contributed by atoms with Crippen LogP contribution in [-0.4, -0.2) is 87.7 Å². The Labute approximate surface area is 279 Å². The minimum atomic E-state index is -1.19. The smallest absolute Gasteiger partial charge is 0.304 e. The Hall–Kier alpha value is -3.82. The number of likely N-dealkylation sites (tertiary alicyclic amines) is 1. The van der Waals surface area contributed by atoms with Gasteiger partial charge in [0.1, 0.15) is 22.8 Å². The highest BCUT2D eigenvalue weighted by Crippen LogP contribution is 2.32. The molecule has 0 bridgehead atoms. The van der Waals surface area contributed by atoms with E-state index < -0.39 is 33.4 Å². The van der Waals surface area contributed by atoms with Crippen molar-refractivity contribution in [1.29, 1.82) is 0 Å². The molecule has 3 saturated heterocycles. The Morgan fingerprint density at radius 2 is 1.83 bits per heavy atom. The zero-order chi connectivity index (χ0) is 33.8. The van der Waals surface area contributed by atoms with Gasteiger partial charge >= 0.3 is 5.69 Å². The first-order valence-electron chi connectivity index (χ1n) is 16.3. The van der Waals surface area contributed by atoms with Gasteiger partial charge in [0.2, 0.25) is 11.7 Å². The third-order valence-corrected chi connectivity index (χ3v) is 10.9. The van der Waals surface area contributed by atoms with Crippen LogP contribution in [0, 0.1) is 27.7 Å². The van der Waals surface area contributed by atoms with E-state index in [1.54, 1.807) is 22.7 Å². The molecular formula is C33H39F2N5O7S. The molecule has 0 atom stereocenters. The van der Waals surface area contributed by atoms with Crippen LogP contribution in [0.15, 0.2) is 35.1 Å². The number of carbonyl (C=O) groups is 1. The SMILES string of the molecule is O=C(CC1(O)CCN(c2ccc([N+](=O)[O-])c(F)c2)CC1)N1CCC(COc2cc(F)c3c(=O)[nH]c(CSC4CCOCC4)nc3c2)CC1. The summed E-state index contributed by atoms with van der Waals surface area (Å²) in [5.74, 6) is -0.296. The number of fused-ring (bicyclic) bond motifs is 1. The molecule has 3 fully saturated rings. The molecule has 0 aliphatic carbocycles. The van der Waals surface area contributed by atoms with Crippen molar-refractivity contribution < 1.29 is 33.1 Å². The lowest BCUT2D eigenvalue weighted by atomic mass is 9.87. The number of aliphatic hydroxyl groups is 1. The second kappa shape index (κ2) is 14.7. The summed E-state index contributed by atoms with van der Waals surface area (Å²) in [6.07, 6.45) is 3.86. The van der Waals surface area contributed by atoms with Crippen LogP contribution in [0.5, 0.6) is 5.75 Å². The summed E-state index contributed by atoms with van der Waals surface area (Å²) in [6, 6.07) is 6.55. The third-order valence-electron chi connectivity index (χ3n) is 9.53. The zero-order valence-electron chi connectivity index (χ0n) is 26.5. The van der Waals surface area contributed by atoms with Crippen molar-refractivity contribution in [3.63, 3.8) is 0 Å². The van der Waals surface area contributed by atoms with Crippen LogP contribution in [0.25, 0.3) is 10.9 Å². The second-order valence-electron chi connectivity index (χ2n) is 12.9. The Morgan fingerprint density at radius 1 is 1.10 bits per heavy atom. The van der Waals surface area contributed by atoms with E-state index >= 15 is 0 Å². The van der Waals surface area contributed by atoms with Crippen LogP contribution >= 0.6 is 11.8 Å². The fourth-order valence-corrected chi connectivity index (χ4v) is 7.65. The quantitative estimate of drug-likeness (QED) is 0.229. The number of amides is 1. The largest absolute Gasteiger partial charge is 0.493 e. The molecule has 2 N–H and O–H groups in total. The van der Waals surface area contributed by atoms with Crippen LogP contribution in [0.3, 0.4) is 0 Å². The normalized spacial score (nSPS) is 19.1. The maximum Gasteiger partial charge on any atom is 0.304 e. The van der Waals surface area contributed by atoms with Crippen molar-refractivity contribution in [2.75, 3.05) is 50.9 Å². The second-order valence-corrected chi connectivity index (χ2v) is 14.1. The van der Waals surface area contributed by atoms with Crippen LogP contribution in [0.2, 0.25) is 0 Å². The molecule has 12 nitrogen and oxygen atoms in total. The molecular weight excluding hydrogens is 648 g/mol. The number of nitro groups is 1. The average molecular weight is 688 g/mol. The summed E-state index contributed by atoms with van der Waals surface area (Å²) in [7, 11) is 0. The highest BCUT2D eigenvalue weighted by molar-refractivity contribution is 7.99. The van der Waals surface area contributed by atoms with E-state index in [0.717, 1.165) is 38.2 Å². The van der Waals surface area contributed by atoms with Crippen molar-refractivity contribution in [3.8, 4) is 5.75 Å². The standard InChI is InChI=1S/C33H39F2N5O7S/c34-25-15-22(1-2-28(25)40(44)45)38-11-7-33(43,8-12-38)18-30(41)39-9-3-21(4-10-39)19-47-23-16-26(35)31-27(17-23)36-29(37-32(31)42)20-48-24-5-13-46-14-6-24/h1-2,15-17,21,24,43H,3-14,18-20H2,(H,36,37,42). The van der Waals surface area contributed by atoms with Crippen molar-refractivity contribution in [2.45, 2.75) is 61.5 Å². The van der Waals surface area contributed by atoms with E-state index in [0.29, 0.717) is 86.7 Å². The Bertz CT molecular complexity index is 1700. The average Bonchev–Trinajstić information content (AvgIpc) is 3.07. The first-order chi connectivity index (χ1) is 23.1. The van der Waals surface area contributed by atoms with Gasteiger partial charge < -0.3 is 29.4 Å². The number of hydrogen-bond donors (Lipinski definition) is 2. The summed E-state index contributed by atoms with van der Waals surface area (Å²) in [5, 5.41) is 22.4. The van der Waals surface area contributed by atoms with Gasteiger partial charge in [0.15, 0.2) is 0 Å². The molecule has 3 aliphatic heterocycles. The Balaban J connectivity index is 0.970. The number of rotatable bonds is 10. The van der Waals surface area contributed by atoms with Crippen LogP contribution < -0.4 is 15.2 Å². The number of thioether (sulfide) groups is 1. The summed E-state index contributed by atoms with van der Waals surface area (Å²) in [5.41, 5.74) is -1.54. The van der Waals surface area contributed by atoms with Gasteiger partial charge in [-0.2, -0.15) is 16.2 Å². The van der Waals surface area contributed by atoms with Crippen LogP contribution in [0.4, 0.5) is 20.2 Å². The zero-order valence-corrected chi connectivity index (χ0v) is 27.3. The van der Waals surface area contributed by atoms with E-state index in [4.69, 9.17) is 9.47 Å². The molecule has 2 aromatic carbocycles. The number of nitrogens with zero attached hydrogens (tertiary/aromatic N) is 4. The van der Waals surface area contributed by atoms with Gasteiger partial charge in [0, 0.05) is 74.6 Å². The lowest BCUT2D eigenvalue weighted by Gasteiger charge is -2.40. The number of ether oxygens (including phenoxy) is 2. The maximum atomic E-state index is 14.9. The molecule has 48 heavy (non-hydrogen) atoms. The van der Waals surface area contributed by atoms with E-state index in [1.165, 1.54) is 12.1 Å². The number of nitro benzene ring substituents is 1. The molecule has 0 unspecified atom stereocenters. The van der Waals surface area contributed by atoms with Crippen LogP contribution in [0.1, 0.15) is 50.8 Å². The number of halogens is 2. The van der Waals surface area contributed by atoms with Gasteiger partial charge in [-0.1, -0.05) is 0 Å². The molecule has 0 spiro atoms. The van der Waals surface area contributed by atoms with Crippen molar-refractivity contribution in [1.82, 2.24) is 14.9 Å². The number of carbonyl (C=O) groups excluding carboxylic acids is 1. The molecule has 1 aromatic heterocycles. The fourth-order valence-electron chi connectivity index (χ4n) is 6.59. The first-order valence-corrected chi connectivity index (χ1v) is 17.4. The number of benzene rings is 2. The minimum Gasteiger partial charge on any atom is -0.493 e. The van der Waals surface area contributed by atoms with E-state index in [9.17, 15) is 33.6 Å². The van der Waals surface area contributed by atoms with Crippen molar-refractivity contribution in [3.05, 3.63) is 68.3 Å². The van der Waals surface area contributed by atoms with E-state index in [-0.39, 0.29) is 29.1 Å². The lowest BCUT2D eigenvalue weighted by molar-refractivity contribution is -0.387. The molecule has 3 aliphatic rings. The predicted molar refractivity (Wildman–Crippen MR) is 176 cm³/mol. The van der Waals surface area contributed by atoms with E-state index in [1.807, 2.05) is 4.90 Å². The molecule has 15 heteroatoms. The topological polar surface area (TPSA) is 151 Å². The molecule has 1 amide bonds.